The zero-order valence-corrected chi connectivity index (χ0v) is 9.50. The smallest absolute Gasteiger partial charge is 0.202 e. The molecule has 0 saturated carbocycles. The van der Waals surface area contributed by atoms with E-state index in [0.717, 1.165) is 0 Å². The molecule has 0 radical (unpaired) electrons. The maximum Gasteiger partial charge on any atom is 0.202 e. The number of anilines is 1. The fraction of sp³-hybridized carbons (Fsp3) is 0.333. The van der Waals surface area contributed by atoms with E-state index in [0.29, 0.717) is 35.4 Å². The van der Waals surface area contributed by atoms with Crippen LogP contribution in [0.15, 0.2) is 12.3 Å². The van der Waals surface area contributed by atoms with Gasteiger partial charge in [-0.15, -0.1) is 5.10 Å². The second-order valence-corrected chi connectivity index (χ2v) is 4.14. The average Bonchev–Trinajstić information content (AvgIpc) is 2.64. The first-order valence-electron chi connectivity index (χ1n) is 5.02. The van der Waals surface area contributed by atoms with Crippen LogP contribution in [0, 0.1) is 0 Å². The number of rotatable bonds is 2. The molecule has 0 atom stereocenters. The minimum absolute atomic E-state index is 0.149. The molecular formula is C9H9ClN6O. The SMILES string of the molecule is Nc1cnc(-c2nnnn2C2COC2)c(Cl)c1. The van der Waals surface area contributed by atoms with E-state index >= 15 is 0 Å². The molecule has 0 aliphatic carbocycles. The number of nitrogens with two attached hydrogens (primary N) is 1. The first-order valence-corrected chi connectivity index (χ1v) is 5.40. The van der Waals surface area contributed by atoms with Crippen molar-refractivity contribution in [2.24, 2.45) is 0 Å². The third-order valence-corrected chi connectivity index (χ3v) is 2.82. The number of aromatic nitrogens is 5. The van der Waals surface area contributed by atoms with Crippen molar-refractivity contribution in [3.8, 4) is 11.5 Å². The summed E-state index contributed by atoms with van der Waals surface area (Å²) >= 11 is 6.08. The summed E-state index contributed by atoms with van der Waals surface area (Å²) in [6, 6.07) is 1.77. The fourth-order valence-corrected chi connectivity index (χ4v) is 1.84. The zero-order chi connectivity index (χ0) is 11.8. The number of tetrazole rings is 1. The monoisotopic (exact) mass is 252 g/mol. The highest BCUT2D eigenvalue weighted by Crippen LogP contribution is 2.28. The van der Waals surface area contributed by atoms with Crippen LogP contribution in [-0.4, -0.2) is 38.4 Å². The van der Waals surface area contributed by atoms with Crippen molar-refractivity contribution >= 4 is 17.3 Å². The number of nitrogens with zero attached hydrogens (tertiary/aromatic N) is 5. The Balaban J connectivity index is 2.05. The van der Waals surface area contributed by atoms with Gasteiger partial charge in [0.15, 0.2) is 0 Å². The van der Waals surface area contributed by atoms with E-state index in [1.54, 1.807) is 10.7 Å². The van der Waals surface area contributed by atoms with Gasteiger partial charge in [0.25, 0.3) is 0 Å². The third-order valence-electron chi connectivity index (χ3n) is 2.53. The van der Waals surface area contributed by atoms with Crippen molar-refractivity contribution in [1.29, 1.82) is 0 Å². The van der Waals surface area contributed by atoms with Gasteiger partial charge in [-0.1, -0.05) is 11.6 Å². The third kappa shape index (κ3) is 1.73. The van der Waals surface area contributed by atoms with Gasteiger partial charge in [-0.25, -0.2) is 9.67 Å². The van der Waals surface area contributed by atoms with Crippen molar-refractivity contribution in [3.63, 3.8) is 0 Å². The van der Waals surface area contributed by atoms with Gasteiger partial charge in [0.05, 0.1) is 30.1 Å². The van der Waals surface area contributed by atoms with Crippen molar-refractivity contribution in [2.75, 3.05) is 18.9 Å². The summed E-state index contributed by atoms with van der Waals surface area (Å²) in [5, 5.41) is 11.9. The Bertz CT molecular complexity index is 552. The second kappa shape index (κ2) is 3.94. The van der Waals surface area contributed by atoms with Crippen LogP contribution in [0.25, 0.3) is 11.5 Å². The van der Waals surface area contributed by atoms with Gasteiger partial charge < -0.3 is 10.5 Å². The molecule has 2 aromatic heterocycles. The van der Waals surface area contributed by atoms with E-state index in [1.807, 2.05) is 0 Å². The Morgan fingerprint density at radius 1 is 1.47 bits per heavy atom. The molecule has 1 aliphatic rings. The summed E-state index contributed by atoms with van der Waals surface area (Å²) in [4.78, 5) is 4.16. The highest BCUT2D eigenvalue weighted by atomic mass is 35.5. The van der Waals surface area contributed by atoms with Crippen LogP contribution in [0.5, 0.6) is 0 Å². The average molecular weight is 253 g/mol. The predicted octanol–water partition coefficient (Wildman–Crippen LogP) is 0.542. The minimum Gasteiger partial charge on any atom is -0.397 e. The normalized spacial score (nSPS) is 15.8. The number of hydrogen-bond donors (Lipinski definition) is 1. The van der Waals surface area contributed by atoms with Crippen molar-refractivity contribution in [2.45, 2.75) is 6.04 Å². The molecule has 0 spiro atoms. The van der Waals surface area contributed by atoms with E-state index in [-0.39, 0.29) is 6.04 Å². The molecular weight excluding hydrogens is 244 g/mol. The van der Waals surface area contributed by atoms with E-state index < -0.39 is 0 Å². The molecule has 17 heavy (non-hydrogen) atoms. The molecule has 2 N–H and O–H groups in total. The first-order chi connectivity index (χ1) is 8.25. The zero-order valence-electron chi connectivity index (χ0n) is 8.75. The van der Waals surface area contributed by atoms with Crippen molar-refractivity contribution in [1.82, 2.24) is 25.2 Å². The van der Waals surface area contributed by atoms with Crippen molar-refractivity contribution < 1.29 is 4.74 Å². The molecule has 2 aromatic rings. The lowest BCUT2D eigenvalue weighted by Crippen LogP contribution is -2.32. The quantitative estimate of drug-likeness (QED) is 0.839. The van der Waals surface area contributed by atoms with Crippen LogP contribution in [-0.2, 0) is 4.74 Å². The highest BCUT2D eigenvalue weighted by Gasteiger charge is 2.26. The predicted molar refractivity (Wildman–Crippen MR) is 60.3 cm³/mol. The van der Waals surface area contributed by atoms with E-state index in [1.165, 1.54) is 6.20 Å². The topological polar surface area (TPSA) is 91.7 Å². The summed E-state index contributed by atoms with van der Waals surface area (Å²) in [6.45, 7) is 1.20. The lowest BCUT2D eigenvalue weighted by molar-refractivity contribution is -0.0286. The molecule has 1 aliphatic heterocycles. The van der Waals surface area contributed by atoms with Crippen molar-refractivity contribution in [3.05, 3.63) is 17.3 Å². The van der Waals surface area contributed by atoms with Crippen LogP contribution in [0.4, 0.5) is 5.69 Å². The summed E-state index contributed by atoms with van der Waals surface area (Å²) in [5.41, 5.74) is 6.62. The molecule has 1 fully saturated rings. The summed E-state index contributed by atoms with van der Waals surface area (Å²) < 4.78 is 6.78. The van der Waals surface area contributed by atoms with Gasteiger partial charge in [0.2, 0.25) is 5.82 Å². The Kier molecular flexibility index (Phi) is 2.41. The molecule has 8 heteroatoms. The van der Waals surface area contributed by atoms with Gasteiger partial charge in [0, 0.05) is 0 Å². The maximum atomic E-state index is 6.08. The van der Waals surface area contributed by atoms with E-state index in [2.05, 4.69) is 20.5 Å². The molecule has 7 nitrogen and oxygen atoms in total. The largest absolute Gasteiger partial charge is 0.397 e. The van der Waals surface area contributed by atoms with Crippen LogP contribution >= 0.6 is 11.6 Å². The number of pyridine rings is 1. The van der Waals surface area contributed by atoms with Crippen LogP contribution in [0.3, 0.4) is 0 Å². The van der Waals surface area contributed by atoms with Crippen LogP contribution < -0.4 is 5.73 Å². The van der Waals surface area contributed by atoms with E-state index in [9.17, 15) is 0 Å². The number of nitrogen functional groups attached to an aromatic ring is 1. The molecule has 0 bridgehead atoms. The Morgan fingerprint density at radius 3 is 2.94 bits per heavy atom. The molecule has 88 valence electrons. The van der Waals surface area contributed by atoms with E-state index in [4.69, 9.17) is 22.1 Å². The molecule has 0 amide bonds. The fourth-order valence-electron chi connectivity index (χ4n) is 1.58. The summed E-state index contributed by atoms with van der Waals surface area (Å²) in [6.07, 6.45) is 1.53. The minimum atomic E-state index is 0.149. The number of ether oxygens (including phenoxy) is 1. The Morgan fingerprint density at radius 2 is 2.29 bits per heavy atom. The van der Waals surface area contributed by atoms with Gasteiger partial charge in [-0.05, 0) is 16.5 Å². The molecule has 1 saturated heterocycles. The maximum absolute atomic E-state index is 6.08. The number of hydrogen-bond acceptors (Lipinski definition) is 6. The Hall–Kier alpha value is -1.73. The molecule has 3 rings (SSSR count). The Labute approximate surface area is 102 Å². The van der Waals surface area contributed by atoms with Crippen LogP contribution in [0.1, 0.15) is 6.04 Å². The summed E-state index contributed by atoms with van der Waals surface area (Å²) in [5.74, 6) is 0.531. The lowest BCUT2D eigenvalue weighted by atomic mass is 10.2. The first kappa shape index (κ1) is 10.4. The highest BCUT2D eigenvalue weighted by molar-refractivity contribution is 6.33. The van der Waals surface area contributed by atoms with Gasteiger partial charge in [-0.2, -0.15) is 0 Å². The van der Waals surface area contributed by atoms with Crippen LogP contribution in [0.2, 0.25) is 5.02 Å². The molecule has 0 unspecified atom stereocenters. The van der Waals surface area contributed by atoms with Gasteiger partial charge in [0.1, 0.15) is 11.7 Å². The summed E-state index contributed by atoms with van der Waals surface area (Å²) in [7, 11) is 0. The molecule has 3 heterocycles. The lowest BCUT2D eigenvalue weighted by Gasteiger charge is -2.26. The van der Waals surface area contributed by atoms with Gasteiger partial charge in [-0.3, -0.25) is 0 Å². The second-order valence-electron chi connectivity index (χ2n) is 3.74. The molecule has 0 aromatic carbocycles. The number of halogens is 1. The van der Waals surface area contributed by atoms with Gasteiger partial charge >= 0.3 is 0 Å². The standard InChI is InChI=1S/C9H9ClN6O/c10-7-1-5(11)2-12-8(7)9-13-14-15-16(9)6-3-17-4-6/h1-2,6H,3-4,11H2.